The molecule has 1 aromatic rings. The van der Waals surface area contributed by atoms with Crippen molar-refractivity contribution in [3.8, 4) is 5.75 Å². The number of halogens is 3. The monoisotopic (exact) mass is 275 g/mol. The molecule has 2 N–H and O–H groups in total. The van der Waals surface area contributed by atoms with E-state index >= 15 is 0 Å². The van der Waals surface area contributed by atoms with Crippen molar-refractivity contribution in [2.45, 2.75) is 44.8 Å². The van der Waals surface area contributed by atoms with Crippen LogP contribution in [0.2, 0.25) is 0 Å². The summed E-state index contributed by atoms with van der Waals surface area (Å²) in [5, 5.41) is 0. The fraction of sp³-hybridized carbons (Fsp3) is 0.571. The molecule has 0 aromatic heterocycles. The van der Waals surface area contributed by atoms with Crippen molar-refractivity contribution in [2.75, 3.05) is 7.11 Å². The Kier molecular flexibility index (Phi) is 5.66. The third kappa shape index (κ3) is 4.42. The lowest BCUT2D eigenvalue weighted by Crippen LogP contribution is -2.17. The van der Waals surface area contributed by atoms with Gasteiger partial charge in [-0.2, -0.15) is 13.2 Å². The van der Waals surface area contributed by atoms with E-state index in [1.54, 1.807) is 0 Å². The van der Waals surface area contributed by atoms with Crippen molar-refractivity contribution in [3.05, 3.63) is 29.3 Å². The van der Waals surface area contributed by atoms with E-state index in [9.17, 15) is 13.2 Å². The molecule has 0 radical (unpaired) electrons. The van der Waals surface area contributed by atoms with Gasteiger partial charge >= 0.3 is 6.18 Å². The minimum Gasteiger partial charge on any atom is -0.497 e. The van der Waals surface area contributed by atoms with Crippen LogP contribution in [-0.4, -0.2) is 7.11 Å². The number of benzene rings is 1. The number of ether oxygens (including phenoxy) is 1. The van der Waals surface area contributed by atoms with E-state index in [1.807, 2.05) is 6.92 Å². The summed E-state index contributed by atoms with van der Waals surface area (Å²) in [4.78, 5) is 0. The highest BCUT2D eigenvalue weighted by atomic mass is 19.4. The highest BCUT2D eigenvalue weighted by Gasteiger charge is 2.35. The van der Waals surface area contributed by atoms with Crippen molar-refractivity contribution in [1.29, 1.82) is 0 Å². The van der Waals surface area contributed by atoms with Gasteiger partial charge in [0.15, 0.2) is 0 Å². The molecule has 19 heavy (non-hydrogen) atoms. The molecule has 0 amide bonds. The summed E-state index contributed by atoms with van der Waals surface area (Å²) in [6.45, 7) is 2.04. The number of unbranched alkanes of at least 4 members (excludes halogenated alkanes) is 2. The van der Waals surface area contributed by atoms with Gasteiger partial charge in [0.05, 0.1) is 12.7 Å². The smallest absolute Gasteiger partial charge is 0.416 e. The van der Waals surface area contributed by atoms with Gasteiger partial charge in [-0.05, 0) is 24.1 Å². The highest BCUT2D eigenvalue weighted by Crippen LogP contribution is 2.37. The first-order valence-electron chi connectivity index (χ1n) is 6.40. The van der Waals surface area contributed by atoms with Gasteiger partial charge < -0.3 is 10.5 Å². The van der Waals surface area contributed by atoms with Crippen LogP contribution in [0.15, 0.2) is 18.2 Å². The average molecular weight is 275 g/mol. The van der Waals surface area contributed by atoms with Crippen LogP contribution in [-0.2, 0) is 6.18 Å². The molecule has 0 spiro atoms. The molecule has 0 unspecified atom stereocenters. The Balaban J connectivity index is 2.98. The van der Waals surface area contributed by atoms with Crippen LogP contribution in [0.5, 0.6) is 5.75 Å². The Morgan fingerprint density at radius 1 is 1.26 bits per heavy atom. The molecule has 0 aliphatic carbocycles. The molecule has 0 saturated heterocycles. The maximum atomic E-state index is 13.0. The molecular weight excluding hydrogens is 255 g/mol. The number of hydrogen-bond acceptors (Lipinski definition) is 2. The molecule has 0 bridgehead atoms. The van der Waals surface area contributed by atoms with Gasteiger partial charge in [0.25, 0.3) is 0 Å². The van der Waals surface area contributed by atoms with Crippen LogP contribution in [0, 0.1) is 0 Å². The molecule has 0 aliphatic heterocycles. The van der Waals surface area contributed by atoms with Crippen LogP contribution in [0.1, 0.15) is 49.8 Å². The van der Waals surface area contributed by atoms with Crippen LogP contribution < -0.4 is 10.5 Å². The zero-order chi connectivity index (χ0) is 14.5. The number of alkyl halides is 3. The van der Waals surface area contributed by atoms with Crippen LogP contribution in [0.25, 0.3) is 0 Å². The van der Waals surface area contributed by atoms with Crippen molar-refractivity contribution in [1.82, 2.24) is 0 Å². The third-order valence-electron chi connectivity index (χ3n) is 3.08. The van der Waals surface area contributed by atoms with Gasteiger partial charge in [0.2, 0.25) is 0 Å². The zero-order valence-electron chi connectivity index (χ0n) is 11.3. The minimum absolute atomic E-state index is 0.143. The number of hydrogen-bond donors (Lipinski definition) is 1. The van der Waals surface area contributed by atoms with E-state index in [4.69, 9.17) is 10.5 Å². The van der Waals surface area contributed by atoms with Gasteiger partial charge in [0.1, 0.15) is 5.75 Å². The molecule has 0 saturated carbocycles. The summed E-state index contributed by atoms with van der Waals surface area (Å²) in [6.07, 6.45) is -1.02. The Bertz CT molecular complexity index is 404. The maximum Gasteiger partial charge on any atom is 0.416 e. The lowest BCUT2D eigenvalue weighted by atomic mass is 9.96. The molecule has 1 aromatic carbocycles. The normalized spacial score (nSPS) is 13.4. The average Bonchev–Trinajstić information content (AvgIpc) is 2.37. The third-order valence-corrected chi connectivity index (χ3v) is 3.08. The molecule has 0 aliphatic rings. The van der Waals surface area contributed by atoms with E-state index in [0.717, 1.165) is 25.3 Å². The van der Waals surface area contributed by atoms with Gasteiger partial charge in [-0.15, -0.1) is 0 Å². The van der Waals surface area contributed by atoms with Crippen LogP contribution in [0.4, 0.5) is 13.2 Å². The second-order valence-corrected chi connectivity index (χ2v) is 4.55. The lowest BCUT2D eigenvalue weighted by molar-refractivity contribution is -0.138. The summed E-state index contributed by atoms with van der Waals surface area (Å²) in [5.74, 6) is 0.192. The molecule has 1 rings (SSSR count). The molecule has 5 heteroatoms. The van der Waals surface area contributed by atoms with Gasteiger partial charge in [-0.1, -0.05) is 32.3 Å². The van der Waals surface area contributed by atoms with Crippen molar-refractivity contribution >= 4 is 0 Å². The van der Waals surface area contributed by atoms with Crippen molar-refractivity contribution < 1.29 is 17.9 Å². The topological polar surface area (TPSA) is 35.2 Å². The summed E-state index contributed by atoms with van der Waals surface area (Å²) < 4.78 is 43.8. The molecule has 1 atom stereocenters. The standard InChI is InChI=1S/C14H20F3NO/c1-3-4-5-6-13(18)11-8-7-10(19-2)9-12(11)14(15,16)17/h7-9,13H,3-6,18H2,1-2H3/t13-/m1/s1. The quantitative estimate of drug-likeness (QED) is 0.786. The maximum absolute atomic E-state index is 13.0. The fourth-order valence-electron chi connectivity index (χ4n) is 2.00. The van der Waals surface area contributed by atoms with Crippen molar-refractivity contribution in [3.63, 3.8) is 0 Å². The summed E-state index contributed by atoms with van der Waals surface area (Å²) in [6, 6.07) is 3.35. The Morgan fingerprint density at radius 2 is 1.95 bits per heavy atom. The van der Waals surface area contributed by atoms with Crippen molar-refractivity contribution in [2.24, 2.45) is 5.73 Å². The Hall–Kier alpha value is -1.23. The highest BCUT2D eigenvalue weighted by molar-refractivity contribution is 5.39. The fourth-order valence-corrected chi connectivity index (χ4v) is 2.00. The zero-order valence-corrected chi connectivity index (χ0v) is 11.3. The SMILES string of the molecule is CCCCC[C@@H](N)c1ccc(OC)cc1C(F)(F)F. The summed E-state index contributed by atoms with van der Waals surface area (Å²) in [7, 11) is 1.34. The predicted octanol–water partition coefficient (Wildman–Crippen LogP) is 4.29. The van der Waals surface area contributed by atoms with E-state index in [0.29, 0.717) is 6.42 Å². The molecule has 108 valence electrons. The van der Waals surface area contributed by atoms with E-state index in [2.05, 4.69) is 0 Å². The van der Waals surface area contributed by atoms with Gasteiger partial charge in [0, 0.05) is 6.04 Å². The predicted molar refractivity (Wildman–Crippen MR) is 69.1 cm³/mol. The van der Waals surface area contributed by atoms with E-state index in [-0.39, 0.29) is 11.3 Å². The first-order valence-corrected chi connectivity index (χ1v) is 6.40. The number of methoxy groups -OCH3 is 1. The lowest BCUT2D eigenvalue weighted by Gasteiger charge is -2.19. The van der Waals surface area contributed by atoms with Crippen LogP contribution >= 0.6 is 0 Å². The largest absolute Gasteiger partial charge is 0.497 e. The summed E-state index contributed by atoms with van der Waals surface area (Å²) in [5.41, 5.74) is 5.33. The number of nitrogens with two attached hydrogens (primary N) is 1. The van der Waals surface area contributed by atoms with Gasteiger partial charge in [-0.3, -0.25) is 0 Å². The molecule has 0 heterocycles. The van der Waals surface area contributed by atoms with E-state index < -0.39 is 17.8 Å². The van der Waals surface area contributed by atoms with Gasteiger partial charge in [-0.25, -0.2) is 0 Å². The summed E-state index contributed by atoms with van der Waals surface area (Å²) >= 11 is 0. The second-order valence-electron chi connectivity index (χ2n) is 4.55. The van der Waals surface area contributed by atoms with Crippen LogP contribution in [0.3, 0.4) is 0 Å². The molecule has 2 nitrogen and oxygen atoms in total. The van der Waals surface area contributed by atoms with E-state index in [1.165, 1.54) is 19.2 Å². The first kappa shape index (κ1) is 15.8. The Morgan fingerprint density at radius 3 is 2.47 bits per heavy atom. The Labute approximate surface area is 111 Å². The minimum atomic E-state index is -4.41. The second kappa shape index (κ2) is 6.80. The molecular formula is C14H20F3NO. The first-order chi connectivity index (χ1) is 8.90. The molecule has 0 fully saturated rings. The number of rotatable bonds is 6.